The molecule has 0 fully saturated rings. The quantitative estimate of drug-likeness (QED) is 0.652. The van der Waals surface area contributed by atoms with Gasteiger partial charge in [-0.15, -0.1) is 0 Å². The molecule has 2 N–H and O–H groups in total. The van der Waals surface area contributed by atoms with Gasteiger partial charge >= 0.3 is 0 Å². The van der Waals surface area contributed by atoms with Crippen LogP contribution in [0.3, 0.4) is 0 Å². The number of aryl methyl sites for hydroxylation is 1. The molecule has 0 aliphatic heterocycles. The average Bonchev–Trinajstić information content (AvgIpc) is 2.49. The summed E-state index contributed by atoms with van der Waals surface area (Å²) >= 11 is 1.87. The fourth-order valence-electron chi connectivity index (χ4n) is 1.76. The van der Waals surface area contributed by atoms with Crippen molar-refractivity contribution in [1.29, 1.82) is 0 Å². The fourth-order valence-corrected chi connectivity index (χ4v) is 2.12. The van der Waals surface area contributed by atoms with Crippen LogP contribution in [-0.2, 0) is 6.42 Å². The summed E-state index contributed by atoms with van der Waals surface area (Å²) in [6.45, 7) is 6.18. The van der Waals surface area contributed by atoms with E-state index in [-0.39, 0.29) is 0 Å². The van der Waals surface area contributed by atoms with E-state index in [0.29, 0.717) is 18.4 Å². The average molecular weight is 297 g/mol. The van der Waals surface area contributed by atoms with Gasteiger partial charge in [-0.25, -0.2) is 0 Å². The molecule has 1 rings (SSSR count). The van der Waals surface area contributed by atoms with Crippen LogP contribution in [0.1, 0.15) is 25.8 Å². The molecule has 0 aromatic heterocycles. The molecule has 20 heavy (non-hydrogen) atoms. The zero-order valence-electron chi connectivity index (χ0n) is 12.8. The van der Waals surface area contributed by atoms with Crippen LogP contribution in [0, 0.1) is 0 Å². The Bertz CT molecular complexity index is 356. The molecule has 1 aromatic rings. The minimum Gasteiger partial charge on any atom is -0.491 e. The van der Waals surface area contributed by atoms with Crippen LogP contribution < -0.4 is 10.1 Å². The minimum atomic E-state index is -0.467. The first kappa shape index (κ1) is 17.3. The summed E-state index contributed by atoms with van der Waals surface area (Å²) in [5.74, 6) is 0.817. The normalized spacial score (nSPS) is 14.0. The highest BCUT2D eigenvalue weighted by atomic mass is 32.2. The van der Waals surface area contributed by atoms with E-state index >= 15 is 0 Å². The zero-order chi connectivity index (χ0) is 14.8. The predicted molar refractivity (Wildman–Crippen MR) is 87.8 cm³/mol. The molecule has 114 valence electrons. The second kappa shape index (κ2) is 10.1. The molecule has 0 saturated heterocycles. The van der Waals surface area contributed by atoms with E-state index in [0.717, 1.165) is 25.1 Å². The number of ether oxygens (including phenoxy) is 1. The monoisotopic (exact) mass is 297 g/mol. The summed E-state index contributed by atoms with van der Waals surface area (Å²) in [7, 11) is 0. The maximum absolute atomic E-state index is 9.84. The second-order valence-corrected chi connectivity index (χ2v) is 6.28. The van der Waals surface area contributed by atoms with Gasteiger partial charge < -0.3 is 15.2 Å². The van der Waals surface area contributed by atoms with Gasteiger partial charge in [-0.3, -0.25) is 0 Å². The van der Waals surface area contributed by atoms with Gasteiger partial charge in [0.05, 0.1) is 0 Å². The Kier molecular flexibility index (Phi) is 8.74. The van der Waals surface area contributed by atoms with Gasteiger partial charge in [-0.1, -0.05) is 26.0 Å². The van der Waals surface area contributed by atoms with Crippen LogP contribution in [0.2, 0.25) is 0 Å². The zero-order valence-corrected chi connectivity index (χ0v) is 13.6. The third-order valence-corrected chi connectivity index (χ3v) is 4.32. The molecule has 0 heterocycles. The van der Waals surface area contributed by atoms with Crippen molar-refractivity contribution in [2.24, 2.45) is 0 Å². The first-order valence-corrected chi connectivity index (χ1v) is 8.57. The fraction of sp³-hybridized carbons (Fsp3) is 0.625. The predicted octanol–water partition coefficient (Wildman–Crippen LogP) is 2.72. The van der Waals surface area contributed by atoms with E-state index in [2.05, 4.69) is 37.6 Å². The maximum Gasteiger partial charge on any atom is 0.119 e. The van der Waals surface area contributed by atoms with Crippen LogP contribution in [0.25, 0.3) is 0 Å². The Morgan fingerprint density at radius 3 is 2.60 bits per heavy atom. The molecule has 3 nitrogen and oxygen atoms in total. The molecular weight excluding hydrogens is 270 g/mol. The molecule has 2 atom stereocenters. The van der Waals surface area contributed by atoms with E-state index in [9.17, 15) is 5.11 Å². The van der Waals surface area contributed by atoms with E-state index in [4.69, 9.17) is 4.74 Å². The van der Waals surface area contributed by atoms with E-state index in [1.54, 1.807) is 0 Å². The van der Waals surface area contributed by atoms with Gasteiger partial charge in [-0.2, -0.15) is 11.8 Å². The van der Waals surface area contributed by atoms with Crippen molar-refractivity contribution in [3.8, 4) is 5.75 Å². The van der Waals surface area contributed by atoms with Gasteiger partial charge in [-0.05, 0) is 43.3 Å². The summed E-state index contributed by atoms with van der Waals surface area (Å²) in [5, 5.41) is 13.8. The highest BCUT2D eigenvalue weighted by Gasteiger charge is 2.05. The standard InChI is InChI=1S/C16H27NO2S/c1-4-14-5-7-16(8-6-14)19-12-15(18)11-17-10-9-13(2)20-3/h5-8,13,15,17-18H,4,9-12H2,1-3H3. The lowest BCUT2D eigenvalue weighted by Crippen LogP contribution is -2.32. The molecule has 2 unspecified atom stereocenters. The molecule has 0 bridgehead atoms. The molecule has 0 saturated carbocycles. The number of thioether (sulfide) groups is 1. The van der Waals surface area contributed by atoms with Crippen molar-refractivity contribution in [3.05, 3.63) is 29.8 Å². The van der Waals surface area contributed by atoms with Gasteiger partial charge in [0.25, 0.3) is 0 Å². The van der Waals surface area contributed by atoms with Crippen LogP contribution in [0.4, 0.5) is 0 Å². The Hall–Kier alpha value is -0.710. The summed E-state index contributed by atoms with van der Waals surface area (Å²) in [6, 6.07) is 8.03. The Morgan fingerprint density at radius 1 is 1.30 bits per heavy atom. The molecule has 0 aliphatic carbocycles. The van der Waals surface area contributed by atoms with Crippen LogP contribution >= 0.6 is 11.8 Å². The highest BCUT2D eigenvalue weighted by Crippen LogP contribution is 2.12. The molecule has 0 spiro atoms. The summed E-state index contributed by atoms with van der Waals surface area (Å²) in [5.41, 5.74) is 1.29. The lowest BCUT2D eigenvalue weighted by molar-refractivity contribution is 0.106. The first-order valence-electron chi connectivity index (χ1n) is 7.29. The molecule has 0 aliphatic rings. The number of benzene rings is 1. The number of nitrogens with one attached hydrogen (secondary N) is 1. The molecular formula is C16H27NO2S. The lowest BCUT2D eigenvalue weighted by Gasteiger charge is -2.14. The molecule has 4 heteroatoms. The van der Waals surface area contributed by atoms with E-state index in [1.807, 2.05) is 23.9 Å². The Morgan fingerprint density at radius 2 is 2.00 bits per heavy atom. The minimum absolute atomic E-state index is 0.330. The summed E-state index contributed by atoms with van der Waals surface area (Å²) < 4.78 is 5.57. The SMILES string of the molecule is CCc1ccc(OCC(O)CNCCC(C)SC)cc1. The maximum atomic E-state index is 9.84. The topological polar surface area (TPSA) is 41.5 Å². The van der Waals surface area contributed by atoms with Gasteiger partial charge in [0.15, 0.2) is 0 Å². The third-order valence-electron chi connectivity index (χ3n) is 3.28. The number of aliphatic hydroxyl groups is 1. The van der Waals surface area contributed by atoms with Crippen molar-refractivity contribution < 1.29 is 9.84 Å². The number of hydrogen-bond acceptors (Lipinski definition) is 4. The van der Waals surface area contributed by atoms with Crippen molar-refractivity contribution in [3.63, 3.8) is 0 Å². The Balaban J connectivity index is 2.14. The molecule has 1 aromatic carbocycles. The second-order valence-electron chi connectivity index (χ2n) is 5.00. The van der Waals surface area contributed by atoms with Gasteiger partial charge in [0.2, 0.25) is 0 Å². The number of hydrogen-bond donors (Lipinski definition) is 2. The van der Waals surface area contributed by atoms with E-state index < -0.39 is 6.10 Å². The number of aliphatic hydroxyl groups excluding tert-OH is 1. The Labute approximate surface area is 127 Å². The van der Waals surface area contributed by atoms with Crippen LogP contribution in [-0.4, -0.2) is 42.4 Å². The summed E-state index contributed by atoms with van der Waals surface area (Å²) in [4.78, 5) is 0. The molecule has 0 amide bonds. The summed E-state index contributed by atoms with van der Waals surface area (Å²) in [6.07, 6.45) is 3.80. The molecule has 0 radical (unpaired) electrons. The smallest absolute Gasteiger partial charge is 0.119 e. The van der Waals surface area contributed by atoms with Gasteiger partial charge in [0.1, 0.15) is 18.5 Å². The first-order chi connectivity index (χ1) is 9.65. The van der Waals surface area contributed by atoms with Crippen molar-refractivity contribution in [2.75, 3.05) is 26.0 Å². The van der Waals surface area contributed by atoms with Crippen molar-refractivity contribution in [2.45, 2.75) is 38.0 Å². The van der Waals surface area contributed by atoms with Gasteiger partial charge in [0, 0.05) is 11.8 Å². The van der Waals surface area contributed by atoms with Crippen molar-refractivity contribution in [1.82, 2.24) is 5.32 Å². The van der Waals surface area contributed by atoms with Crippen LogP contribution in [0.15, 0.2) is 24.3 Å². The van der Waals surface area contributed by atoms with E-state index in [1.165, 1.54) is 5.56 Å². The lowest BCUT2D eigenvalue weighted by atomic mass is 10.2. The third kappa shape index (κ3) is 7.17. The van der Waals surface area contributed by atoms with Crippen molar-refractivity contribution >= 4 is 11.8 Å². The highest BCUT2D eigenvalue weighted by molar-refractivity contribution is 7.99. The largest absolute Gasteiger partial charge is 0.491 e. The number of rotatable bonds is 10. The van der Waals surface area contributed by atoms with Crippen LogP contribution in [0.5, 0.6) is 5.75 Å².